The Kier molecular flexibility index (Phi) is 4.13. The van der Waals surface area contributed by atoms with Crippen LogP contribution in [0.1, 0.15) is 16.7 Å². The van der Waals surface area contributed by atoms with Crippen LogP contribution < -0.4 is 5.73 Å². The van der Waals surface area contributed by atoms with Crippen molar-refractivity contribution >= 4 is 0 Å². The van der Waals surface area contributed by atoms with Gasteiger partial charge in [-0.05, 0) is 34.2 Å². The molecular formula is C20H19N. The topological polar surface area (TPSA) is 26.0 Å². The Morgan fingerprint density at radius 1 is 0.524 bits per heavy atom. The Balaban J connectivity index is 1.77. The van der Waals surface area contributed by atoms with E-state index in [-0.39, 0.29) is 0 Å². The molecular weight excluding hydrogens is 254 g/mol. The van der Waals surface area contributed by atoms with Crippen molar-refractivity contribution in [1.82, 2.24) is 0 Å². The van der Waals surface area contributed by atoms with E-state index in [9.17, 15) is 0 Å². The summed E-state index contributed by atoms with van der Waals surface area (Å²) in [5.41, 5.74) is 12.0. The molecule has 0 aromatic heterocycles. The van der Waals surface area contributed by atoms with Crippen LogP contribution in [0.25, 0.3) is 11.1 Å². The molecule has 3 aromatic carbocycles. The fourth-order valence-electron chi connectivity index (χ4n) is 2.48. The third-order valence-corrected chi connectivity index (χ3v) is 3.73. The van der Waals surface area contributed by atoms with Gasteiger partial charge in [-0.3, -0.25) is 0 Å². The van der Waals surface area contributed by atoms with Gasteiger partial charge in [0.2, 0.25) is 0 Å². The number of nitrogens with two attached hydrogens (primary N) is 1. The van der Waals surface area contributed by atoms with Gasteiger partial charge in [-0.25, -0.2) is 0 Å². The first-order valence-electron chi connectivity index (χ1n) is 7.27. The highest BCUT2D eigenvalue weighted by Crippen LogP contribution is 2.21. The molecule has 0 fully saturated rings. The molecule has 104 valence electrons. The van der Waals surface area contributed by atoms with Crippen LogP contribution in [-0.4, -0.2) is 0 Å². The Hall–Kier alpha value is -2.38. The number of hydrogen-bond acceptors (Lipinski definition) is 1. The first-order chi connectivity index (χ1) is 10.3. The standard InChI is InChI=1S/C20H19N/c21-15-18-8-12-20(13-9-18)19-10-6-17(7-11-19)14-16-4-2-1-3-5-16/h1-13H,14-15,21H2. The highest BCUT2D eigenvalue weighted by molar-refractivity contribution is 5.64. The second-order valence-corrected chi connectivity index (χ2v) is 5.26. The summed E-state index contributed by atoms with van der Waals surface area (Å²) in [5.74, 6) is 0. The van der Waals surface area contributed by atoms with E-state index < -0.39 is 0 Å². The van der Waals surface area contributed by atoms with Crippen molar-refractivity contribution in [2.24, 2.45) is 5.73 Å². The fourth-order valence-corrected chi connectivity index (χ4v) is 2.48. The number of hydrogen-bond donors (Lipinski definition) is 1. The van der Waals surface area contributed by atoms with Gasteiger partial charge in [-0.1, -0.05) is 78.9 Å². The molecule has 0 unspecified atom stereocenters. The van der Waals surface area contributed by atoms with Gasteiger partial charge in [0.1, 0.15) is 0 Å². The summed E-state index contributed by atoms with van der Waals surface area (Å²) in [6.07, 6.45) is 0.979. The largest absolute Gasteiger partial charge is 0.326 e. The first-order valence-corrected chi connectivity index (χ1v) is 7.27. The minimum Gasteiger partial charge on any atom is -0.326 e. The summed E-state index contributed by atoms with van der Waals surface area (Å²) < 4.78 is 0. The van der Waals surface area contributed by atoms with Crippen LogP contribution in [0.5, 0.6) is 0 Å². The molecule has 0 bridgehead atoms. The maximum Gasteiger partial charge on any atom is 0.0178 e. The highest BCUT2D eigenvalue weighted by Gasteiger charge is 2.00. The molecule has 2 N–H and O–H groups in total. The molecule has 21 heavy (non-hydrogen) atoms. The molecule has 0 aliphatic heterocycles. The van der Waals surface area contributed by atoms with E-state index in [0.717, 1.165) is 6.42 Å². The summed E-state index contributed by atoms with van der Waals surface area (Å²) in [5, 5.41) is 0. The van der Waals surface area contributed by atoms with Crippen molar-refractivity contribution < 1.29 is 0 Å². The van der Waals surface area contributed by atoms with Crippen LogP contribution in [0.3, 0.4) is 0 Å². The van der Waals surface area contributed by atoms with E-state index in [1.165, 1.54) is 27.8 Å². The average molecular weight is 273 g/mol. The van der Waals surface area contributed by atoms with Crippen LogP contribution in [0.4, 0.5) is 0 Å². The van der Waals surface area contributed by atoms with Crippen LogP contribution in [-0.2, 0) is 13.0 Å². The van der Waals surface area contributed by atoms with Crippen molar-refractivity contribution in [2.75, 3.05) is 0 Å². The Morgan fingerprint density at radius 2 is 1.00 bits per heavy atom. The minimum absolute atomic E-state index is 0.594. The molecule has 1 heteroatoms. The van der Waals surface area contributed by atoms with Gasteiger partial charge in [-0.2, -0.15) is 0 Å². The maximum absolute atomic E-state index is 5.63. The smallest absolute Gasteiger partial charge is 0.0178 e. The van der Waals surface area contributed by atoms with Crippen LogP contribution in [0.15, 0.2) is 78.9 Å². The third kappa shape index (κ3) is 3.39. The summed E-state index contributed by atoms with van der Waals surface area (Å²) in [7, 11) is 0. The minimum atomic E-state index is 0.594. The molecule has 3 rings (SSSR count). The fraction of sp³-hybridized carbons (Fsp3) is 0.100. The van der Waals surface area contributed by atoms with Gasteiger partial charge in [0, 0.05) is 6.54 Å². The Labute approximate surface area is 126 Å². The third-order valence-electron chi connectivity index (χ3n) is 3.73. The molecule has 0 radical (unpaired) electrons. The summed E-state index contributed by atoms with van der Waals surface area (Å²) in [4.78, 5) is 0. The maximum atomic E-state index is 5.63. The van der Waals surface area contributed by atoms with Gasteiger partial charge in [0.05, 0.1) is 0 Å². The van der Waals surface area contributed by atoms with Gasteiger partial charge in [0.15, 0.2) is 0 Å². The first kappa shape index (κ1) is 13.6. The van der Waals surface area contributed by atoms with Crippen LogP contribution >= 0.6 is 0 Å². The van der Waals surface area contributed by atoms with Crippen molar-refractivity contribution in [3.05, 3.63) is 95.6 Å². The highest BCUT2D eigenvalue weighted by atomic mass is 14.5. The SMILES string of the molecule is NCc1ccc(-c2ccc(Cc3ccccc3)cc2)cc1. The average Bonchev–Trinajstić information content (AvgIpc) is 2.57. The zero-order chi connectivity index (χ0) is 14.5. The zero-order valence-corrected chi connectivity index (χ0v) is 12.0. The normalized spacial score (nSPS) is 10.5. The lowest BCUT2D eigenvalue weighted by Crippen LogP contribution is -1.95. The number of rotatable bonds is 4. The summed E-state index contributed by atoms with van der Waals surface area (Å²) >= 11 is 0. The van der Waals surface area contributed by atoms with Gasteiger partial charge >= 0.3 is 0 Å². The zero-order valence-electron chi connectivity index (χ0n) is 12.0. The van der Waals surface area contributed by atoms with Crippen molar-refractivity contribution in [2.45, 2.75) is 13.0 Å². The molecule has 0 saturated carbocycles. The Bertz CT molecular complexity index is 682. The lowest BCUT2D eigenvalue weighted by atomic mass is 10.00. The van der Waals surface area contributed by atoms with E-state index in [1.54, 1.807) is 0 Å². The Morgan fingerprint density at radius 3 is 1.52 bits per heavy atom. The molecule has 0 aliphatic carbocycles. The van der Waals surface area contributed by atoms with Gasteiger partial charge in [-0.15, -0.1) is 0 Å². The molecule has 1 nitrogen and oxygen atoms in total. The molecule has 0 amide bonds. The van der Waals surface area contributed by atoms with Crippen molar-refractivity contribution in [1.29, 1.82) is 0 Å². The molecule has 3 aromatic rings. The molecule has 0 aliphatic rings. The lowest BCUT2D eigenvalue weighted by Gasteiger charge is -2.06. The van der Waals surface area contributed by atoms with Crippen molar-refractivity contribution in [3.8, 4) is 11.1 Å². The van der Waals surface area contributed by atoms with E-state index in [1.807, 2.05) is 0 Å². The van der Waals surface area contributed by atoms with E-state index >= 15 is 0 Å². The predicted octanol–water partition coefficient (Wildman–Crippen LogP) is 4.40. The molecule has 0 spiro atoms. The molecule has 0 atom stereocenters. The van der Waals surface area contributed by atoms with E-state index in [0.29, 0.717) is 6.54 Å². The monoisotopic (exact) mass is 273 g/mol. The molecule has 0 heterocycles. The quantitative estimate of drug-likeness (QED) is 0.749. The second-order valence-electron chi connectivity index (χ2n) is 5.26. The van der Waals surface area contributed by atoms with Crippen molar-refractivity contribution in [3.63, 3.8) is 0 Å². The summed E-state index contributed by atoms with van der Waals surface area (Å²) in [6, 6.07) is 27.8. The lowest BCUT2D eigenvalue weighted by molar-refractivity contribution is 1.07. The van der Waals surface area contributed by atoms with Gasteiger partial charge in [0.25, 0.3) is 0 Å². The predicted molar refractivity (Wildman–Crippen MR) is 89.0 cm³/mol. The van der Waals surface area contributed by atoms with Crippen LogP contribution in [0, 0.1) is 0 Å². The summed E-state index contributed by atoms with van der Waals surface area (Å²) in [6.45, 7) is 0.594. The van der Waals surface area contributed by atoms with Gasteiger partial charge < -0.3 is 5.73 Å². The second kappa shape index (κ2) is 6.38. The van der Waals surface area contributed by atoms with E-state index in [4.69, 9.17) is 5.73 Å². The van der Waals surface area contributed by atoms with E-state index in [2.05, 4.69) is 78.9 Å². The van der Waals surface area contributed by atoms with Crippen LogP contribution in [0.2, 0.25) is 0 Å². The number of benzene rings is 3. The molecule has 0 saturated heterocycles.